The van der Waals surface area contributed by atoms with E-state index in [0.29, 0.717) is 5.57 Å². The molecule has 0 radical (unpaired) electrons. The number of hydrogen-bond acceptors (Lipinski definition) is 1. The zero-order valence-corrected chi connectivity index (χ0v) is 15.0. The number of carboxylic acids is 1. The Hall–Kier alpha value is -1.57. The Bertz CT molecular complexity index is 400. The van der Waals surface area contributed by atoms with Gasteiger partial charge in [0.25, 0.3) is 0 Å². The molecule has 0 aromatic rings. The summed E-state index contributed by atoms with van der Waals surface area (Å²) < 4.78 is 0. The van der Waals surface area contributed by atoms with E-state index in [-0.39, 0.29) is 0 Å². The average molecular weight is 319 g/mol. The zero-order chi connectivity index (χ0) is 17.2. The van der Waals surface area contributed by atoms with Crippen LogP contribution in [0.3, 0.4) is 0 Å². The molecule has 0 saturated heterocycles. The highest BCUT2D eigenvalue weighted by molar-refractivity contribution is 5.85. The number of allylic oxidation sites excluding steroid dienone is 7. The molecule has 0 aromatic carbocycles. The van der Waals surface area contributed by atoms with E-state index in [1.807, 2.05) is 6.08 Å². The smallest absolute Gasteiger partial charge is 0.330 e. The average Bonchev–Trinajstić information content (AvgIpc) is 2.54. The third-order valence-electron chi connectivity index (χ3n) is 3.64. The van der Waals surface area contributed by atoms with E-state index in [0.717, 1.165) is 32.1 Å². The second-order valence-electron chi connectivity index (χ2n) is 5.83. The normalized spacial score (nSPS) is 12.9. The lowest BCUT2D eigenvalue weighted by atomic mass is 10.1. The van der Waals surface area contributed by atoms with Gasteiger partial charge in [0.05, 0.1) is 0 Å². The molecule has 0 rings (SSSR count). The number of carboxylic acid groups (broad SMARTS) is 1. The van der Waals surface area contributed by atoms with Crippen LogP contribution in [0.2, 0.25) is 0 Å². The van der Waals surface area contributed by atoms with Crippen molar-refractivity contribution in [1.82, 2.24) is 0 Å². The van der Waals surface area contributed by atoms with Gasteiger partial charge in [-0.3, -0.25) is 0 Å². The lowest BCUT2D eigenvalue weighted by Crippen LogP contribution is -1.95. The van der Waals surface area contributed by atoms with Crippen LogP contribution in [0.4, 0.5) is 0 Å². The monoisotopic (exact) mass is 318 g/mol. The fraction of sp³-hybridized carbons (Fsp3) is 0.571. The molecule has 2 nitrogen and oxygen atoms in total. The third kappa shape index (κ3) is 16.6. The number of hydrogen-bond donors (Lipinski definition) is 1. The molecule has 0 saturated carbocycles. The van der Waals surface area contributed by atoms with E-state index in [2.05, 4.69) is 43.4 Å². The second kappa shape index (κ2) is 16.8. The molecule has 0 fully saturated rings. The Morgan fingerprint density at radius 1 is 0.783 bits per heavy atom. The Balaban J connectivity index is 3.36. The van der Waals surface area contributed by atoms with Gasteiger partial charge in [-0.15, -0.1) is 0 Å². The van der Waals surface area contributed by atoms with Gasteiger partial charge in [-0.25, -0.2) is 4.79 Å². The van der Waals surface area contributed by atoms with Crippen molar-refractivity contribution in [3.05, 3.63) is 48.1 Å². The molecule has 0 aliphatic rings. The molecule has 0 unspecified atom stereocenters. The van der Waals surface area contributed by atoms with Crippen molar-refractivity contribution in [3.63, 3.8) is 0 Å². The molecule has 0 aliphatic carbocycles. The Kier molecular flexibility index (Phi) is 15.6. The molecule has 0 bridgehead atoms. The summed E-state index contributed by atoms with van der Waals surface area (Å²) in [6.07, 6.45) is 26.5. The van der Waals surface area contributed by atoms with Gasteiger partial charge in [0.2, 0.25) is 0 Å². The summed E-state index contributed by atoms with van der Waals surface area (Å²) in [6, 6.07) is 0. The summed E-state index contributed by atoms with van der Waals surface area (Å²) in [5.74, 6) is -0.802. The number of aliphatic carboxylic acids is 1. The fourth-order valence-corrected chi connectivity index (χ4v) is 2.17. The van der Waals surface area contributed by atoms with Crippen molar-refractivity contribution in [2.45, 2.75) is 78.1 Å². The molecule has 0 aliphatic heterocycles. The second-order valence-corrected chi connectivity index (χ2v) is 5.83. The molecule has 0 atom stereocenters. The highest BCUT2D eigenvalue weighted by Gasteiger charge is 1.97. The van der Waals surface area contributed by atoms with E-state index >= 15 is 0 Å². The van der Waals surface area contributed by atoms with Gasteiger partial charge in [0.1, 0.15) is 0 Å². The van der Waals surface area contributed by atoms with Gasteiger partial charge >= 0.3 is 5.97 Å². The quantitative estimate of drug-likeness (QED) is 0.222. The summed E-state index contributed by atoms with van der Waals surface area (Å²) in [5, 5.41) is 8.73. The Labute approximate surface area is 142 Å². The predicted molar refractivity (Wildman–Crippen MR) is 101 cm³/mol. The molecule has 0 spiro atoms. The SMILES string of the molecule is CC/C=C/C/C=C/C/C=C/CCCCCCC/C=C(\C)C(=O)O. The van der Waals surface area contributed by atoms with Crippen LogP contribution in [0.5, 0.6) is 0 Å². The van der Waals surface area contributed by atoms with Gasteiger partial charge in [-0.05, 0) is 51.9 Å². The number of carbonyl (C=O) groups is 1. The molecule has 0 amide bonds. The lowest BCUT2D eigenvalue weighted by molar-refractivity contribution is -0.132. The largest absolute Gasteiger partial charge is 0.478 e. The first-order chi connectivity index (χ1) is 11.2. The van der Waals surface area contributed by atoms with Crippen LogP contribution in [-0.2, 0) is 4.79 Å². The first-order valence-electron chi connectivity index (χ1n) is 9.03. The van der Waals surface area contributed by atoms with Gasteiger partial charge in [0.15, 0.2) is 0 Å². The number of unbranched alkanes of at least 4 members (excludes halogenated alkanes) is 6. The standard InChI is InChI=1S/C21H34O2/c1-3-4-5-6-7-8-9-10-11-12-13-14-15-16-17-18-19-20(2)21(22)23/h4-5,7-8,10-11,19H,3,6,9,12-18H2,1-2H3,(H,22,23)/b5-4+,8-7+,11-10+,20-19+. The molecule has 2 heteroatoms. The molecule has 1 N–H and O–H groups in total. The van der Waals surface area contributed by atoms with Crippen molar-refractivity contribution < 1.29 is 9.90 Å². The van der Waals surface area contributed by atoms with Gasteiger partial charge < -0.3 is 5.11 Å². The van der Waals surface area contributed by atoms with Crippen LogP contribution in [-0.4, -0.2) is 11.1 Å². The van der Waals surface area contributed by atoms with E-state index in [1.165, 1.54) is 32.1 Å². The van der Waals surface area contributed by atoms with Crippen molar-refractivity contribution >= 4 is 5.97 Å². The minimum absolute atomic E-state index is 0.463. The van der Waals surface area contributed by atoms with Crippen LogP contribution < -0.4 is 0 Å². The Morgan fingerprint density at radius 3 is 1.91 bits per heavy atom. The van der Waals surface area contributed by atoms with Crippen LogP contribution in [0.1, 0.15) is 78.1 Å². The molecule has 23 heavy (non-hydrogen) atoms. The summed E-state index contributed by atoms with van der Waals surface area (Å²) in [6.45, 7) is 3.81. The highest BCUT2D eigenvalue weighted by Crippen LogP contribution is 2.09. The number of rotatable bonds is 14. The maximum absolute atomic E-state index is 10.6. The maximum atomic E-state index is 10.6. The van der Waals surface area contributed by atoms with Gasteiger partial charge in [-0.1, -0.05) is 68.7 Å². The molecular weight excluding hydrogens is 284 g/mol. The summed E-state index contributed by atoms with van der Waals surface area (Å²) >= 11 is 0. The molecule has 0 heterocycles. The van der Waals surface area contributed by atoms with E-state index in [9.17, 15) is 4.79 Å². The summed E-state index contributed by atoms with van der Waals surface area (Å²) in [5.41, 5.74) is 0.463. The molecule has 0 aromatic heterocycles. The van der Waals surface area contributed by atoms with E-state index in [4.69, 9.17) is 5.11 Å². The van der Waals surface area contributed by atoms with Gasteiger partial charge in [-0.2, -0.15) is 0 Å². The highest BCUT2D eigenvalue weighted by atomic mass is 16.4. The third-order valence-corrected chi connectivity index (χ3v) is 3.64. The fourth-order valence-electron chi connectivity index (χ4n) is 2.17. The van der Waals surface area contributed by atoms with Crippen molar-refractivity contribution in [2.24, 2.45) is 0 Å². The topological polar surface area (TPSA) is 37.3 Å². The van der Waals surface area contributed by atoms with Gasteiger partial charge in [0, 0.05) is 5.57 Å². The van der Waals surface area contributed by atoms with Crippen molar-refractivity contribution in [2.75, 3.05) is 0 Å². The minimum atomic E-state index is -0.802. The van der Waals surface area contributed by atoms with E-state index in [1.54, 1.807) is 6.92 Å². The van der Waals surface area contributed by atoms with Crippen LogP contribution in [0.25, 0.3) is 0 Å². The first-order valence-corrected chi connectivity index (χ1v) is 9.03. The predicted octanol–water partition coefficient (Wildman–Crippen LogP) is 6.61. The maximum Gasteiger partial charge on any atom is 0.330 e. The minimum Gasteiger partial charge on any atom is -0.478 e. The van der Waals surface area contributed by atoms with Crippen LogP contribution in [0, 0.1) is 0 Å². The lowest BCUT2D eigenvalue weighted by Gasteiger charge is -1.99. The van der Waals surface area contributed by atoms with E-state index < -0.39 is 5.97 Å². The summed E-state index contributed by atoms with van der Waals surface area (Å²) in [4.78, 5) is 10.6. The summed E-state index contributed by atoms with van der Waals surface area (Å²) in [7, 11) is 0. The van der Waals surface area contributed by atoms with Crippen molar-refractivity contribution in [1.29, 1.82) is 0 Å². The Morgan fingerprint density at radius 2 is 1.30 bits per heavy atom. The van der Waals surface area contributed by atoms with Crippen molar-refractivity contribution in [3.8, 4) is 0 Å². The van der Waals surface area contributed by atoms with Crippen LogP contribution in [0.15, 0.2) is 48.1 Å². The first kappa shape index (κ1) is 21.4. The molecular formula is C21H34O2. The van der Waals surface area contributed by atoms with Crippen LogP contribution >= 0.6 is 0 Å². The molecule has 130 valence electrons. The zero-order valence-electron chi connectivity index (χ0n) is 15.0.